The smallest absolute Gasteiger partial charge is 0.297 e. The molecule has 1 saturated carbocycles. The van der Waals surface area contributed by atoms with E-state index >= 15 is 0 Å². The fourth-order valence-electron chi connectivity index (χ4n) is 4.41. The van der Waals surface area contributed by atoms with E-state index in [-0.39, 0.29) is 17.2 Å². The second-order valence-corrected chi connectivity index (χ2v) is 9.53. The van der Waals surface area contributed by atoms with Crippen molar-refractivity contribution in [1.29, 1.82) is 0 Å². The Morgan fingerprint density at radius 1 is 1.21 bits per heavy atom. The minimum absolute atomic E-state index is 0.136. The van der Waals surface area contributed by atoms with Crippen molar-refractivity contribution in [2.75, 3.05) is 20.6 Å². The van der Waals surface area contributed by atoms with Crippen molar-refractivity contribution in [3.8, 4) is 0 Å². The van der Waals surface area contributed by atoms with Gasteiger partial charge in [0.1, 0.15) is 5.82 Å². The molecule has 1 aliphatic carbocycles. The molecule has 0 aromatic carbocycles. The highest BCUT2D eigenvalue weighted by Gasteiger charge is 2.32. The zero-order valence-electron chi connectivity index (χ0n) is 18.5. The third-order valence-electron chi connectivity index (χ3n) is 6.20. The van der Waals surface area contributed by atoms with E-state index in [9.17, 15) is 9.59 Å². The Balaban J connectivity index is 1.91. The average molecular weight is 402 g/mol. The van der Waals surface area contributed by atoms with Crippen LogP contribution in [-0.2, 0) is 17.9 Å². The second-order valence-electron chi connectivity index (χ2n) is 9.53. The lowest BCUT2D eigenvalue weighted by molar-refractivity contribution is -0.124. The van der Waals surface area contributed by atoms with Crippen molar-refractivity contribution >= 4 is 18.0 Å². The molecule has 1 aromatic heterocycles. The van der Waals surface area contributed by atoms with Gasteiger partial charge in [-0.05, 0) is 25.3 Å². The zero-order chi connectivity index (χ0) is 21.2. The van der Waals surface area contributed by atoms with E-state index in [1.807, 2.05) is 20.8 Å². The molecule has 1 aromatic rings. The highest BCUT2D eigenvalue weighted by Crippen LogP contribution is 2.34. The van der Waals surface area contributed by atoms with Gasteiger partial charge in [-0.25, -0.2) is 9.98 Å². The highest BCUT2D eigenvalue weighted by atomic mass is 16.2. The molecule has 0 radical (unpaired) electrons. The van der Waals surface area contributed by atoms with Crippen LogP contribution in [0.3, 0.4) is 0 Å². The lowest BCUT2D eigenvalue weighted by Gasteiger charge is -2.28. The number of aromatic nitrogens is 2. The van der Waals surface area contributed by atoms with Gasteiger partial charge in [0, 0.05) is 38.8 Å². The minimum Gasteiger partial charge on any atom is -0.359 e. The molecular weight excluding hydrogens is 366 g/mol. The van der Waals surface area contributed by atoms with Gasteiger partial charge in [-0.1, -0.05) is 40.0 Å². The number of nitrogens with one attached hydrogen (secondary N) is 1. The van der Waals surface area contributed by atoms with E-state index in [4.69, 9.17) is 4.98 Å². The Hall–Kier alpha value is -2.02. The lowest BCUT2D eigenvalue weighted by Crippen LogP contribution is -2.37. The summed E-state index contributed by atoms with van der Waals surface area (Å²) in [6.45, 7) is 8.44. The predicted molar refractivity (Wildman–Crippen MR) is 114 cm³/mol. The van der Waals surface area contributed by atoms with Crippen molar-refractivity contribution in [3.63, 3.8) is 0 Å². The maximum atomic E-state index is 13.0. The number of amides is 2. The van der Waals surface area contributed by atoms with Crippen LogP contribution >= 0.6 is 0 Å². The number of rotatable bonds is 4. The molecule has 3 rings (SSSR count). The van der Waals surface area contributed by atoms with Crippen LogP contribution in [0.4, 0.5) is 0 Å². The first-order valence-electron chi connectivity index (χ1n) is 10.8. The monoisotopic (exact) mass is 401 g/mol. The number of aliphatic imine (C=N–C) groups is 1. The number of likely N-dealkylation sites (N-methyl/N-ethyl adjacent to an activating group) is 1. The van der Waals surface area contributed by atoms with Crippen molar-refractivity contribution in [1.82, 2.24) is 19.8 Å². The Morgan fingerprint density at radius 3 is 2.52 bits per heavy atom. The molecule has 1 atom stereocenters. The van der Waals surface area contributed by atoms with Gasteiger partial charge in [0.15, 0.2) is 5.69 Å². The first-order chi connectivity index (χ1) is 13.7. The van der Waals surface area contributed by atoms with E-state index in [0.29, 0.717) is 18.2 Å². The maximum absolute atomic E-state index is 13.0. The van der Waals surface area contributed by atoms with E-state index in [1.165, 1.54) is 25.5 Å². The fraction of sp³-hybridized carbons (Fsp3) is 0.727. The first-order valence-corrected chi connectivity index (χ1v) is 10.8. The van der Waals surface area contributed by atoms with Crippen LogP contribution in [0.5, 0.6) is 0 Å². The Morgan fingerprint density at radius 2 is 1.90 bits per heavy atom. The van der Waals surface area contributed by atoms with Gasteiger partial charge < -0.3 is 9.88 Å². The zero-order valence-corrected chi connectivity index (χ0v) is 18.5. The quantitative estimate of drug-likeness (QED) is 0.787. The van der Waals surface area contributed by atoms with Gasteiger partial charge in [-0.2, -0.15) is 0 Å². The van der Waals surface area contributed by atoms with Crippen LogP contribution in [-0.4, -0.2) is 53.1 Å². The molecule has 7 nitrogen and oxygen atoms in total. The van der Waals surface area contributed by atoms with Gasteiger partial charge in [0.25, 0.3) is 5.91 Å². The van der Waals surface area contributed by atoms with Crippen molar-refractivity contribution in [3.05, 3.63) is 17.2 Å². The molecule has 1 unspecified atom stereocenters. The average Bonchev–Trinajstić information content (AvgIpc) is 3.06. The van der Waals surface area contributed by atoms with Gasteiger partial charge in [-0.3, -0.25) is 14.5 Å². The van der Waals surface area contributed by atoms with E-state index in [1.54, 1.807) is 7.05 Å². The number of hydrogen-bond acceptors (Lipinski definition) is 4. The van der Waals surface area contributed by atoms with Crippen LogP contribution in [0, 0.1) is 11.3 Å². The van der Waals surface area contributed by atoms with E-state index in [0.717, 1.165) is 37.4 Å². The molecule has 2 aliphatic rings. The third-order valence-corrected chi connectivity index (χ3v) is 6.20. The van der Waals surface area contributed by atoms with Gasteiger partial charge in [0.05, 0.1) is 11.6 Å². The summed E-state index contributed by atoms with van der Waals surface area (Å²) in [5.41, 5.74) is 1.09. The molecule has 2 heterocycles. The predicted octanol–water partition coefficient (Wildman–Crippen LogP) is 3.00. The molecule has 0 bridgehead atoms. The standard InChI is InChI=1S/C22H35N5O2/c1-22(2,3)16(20(28)23-4)13-24-21(29)18-17-14-26(5)11-12-27(17)19(25-18)15-9-7-6-8-10-15/h13,15-16H,6-12,14H2,1-5H3,(H,23,28). The van der Waals surface area contributed by atoms with Crippen LogP contribution in [0.25, 0.3) is 0 Å². The van der Waals surface area contributed by atoms with Crippen molar-refractivity contribution < 1.29 is 9.59 Å². The molecule has 1 fully saturated rings. The summed E-state index contributed by atoms with van der Waals surface area (Å²) in [5.74, 6) is 0.540. The summed E-state index contributed by atoms with van der Waals surface area (Å²) in [6, 6.07) is 0. The molecule has 7 heteroatoms. The number of carbonyl (C=O) groups excluding carboxylic acids is 2. The molecule has 160 valence electrons. The Labute approximate surface area is 174 Å². The molecule has 0 spiro atoms. The summed E-state index contributed by atoms with van der Waals surface area (Å²) in [4.78, 5) is 36.5. The van der Waals surface area contributed by atoms with Crippen LogP contribution in [0.15, 0.2) is 4.99 Å². The summed E-state index contributed by atoms with van der Waals surface area (Å²) in [7, 11) is 3.67. The second kappa shape index (κ2) is 8.78. The van der Waals surface area contributed by atoms with Gasteiger partial charge >= 0.3 is 0 Å². The lowest BCUT2D eigenvalue weighted by atomic mass is 9.81. The van der Waals surface area contributed by atoms with E-state index in [2.05, 4.69) is 26.8 Å². The summed E-state index contributed by atoms with van der Waals surface area (Å²) in [6.07, 6.45) is 7.54. The summed E-state index contributed by atoms with van der Waals surface area (Å²) < 4.78 is 2.26. The molecule has 2 amide bonds. The Bertz CT molecular complexity index is 784. The van der Waals surface area contributed by atoms with Crippen molar-refractivity contribution in [2.45, 2.75) is 71.9 Å². The normalized spacial score (nSPS) is 19.9. The van der Waals surface area contributed by atoms with Crippen molar-refractivity contribution in [2.24, 2.45) is 16.3 Å². The molecule has 0 saturated heterocycles. The summed E-state index contributed by atoms with van der Waals surface area (Å²) in [5, 5.41) is 2.67. The number of carbonyl (C=O) groups is 2. The van der Waals surface area contributed by atoms with Crippen LogP contribution in [0.2, 0.25) is 0 Å². The Kier molecular flexibility index (Phi) is 6.56. The number of nitrogens with zero attached hydrogens (tertiary/aromatic N) is 4. The SMILES string of the molecule is CNC(=O)C(C=NC(=O)c1nc(C2CCCCC2)n2c1CN(C)CC2)C(C)(C)C. The number of fused-ring (bicyclic) bond motifs is 1. The minimum atomic E-state index is -0.476. The summed E-state index contributed by atoms with van der Waals surface area (Å²) >= 11 is 0. The molecule has 1 aliphatic heterocycles. The molecule has 1 N–H and O–H groups in total. The van der Waals surface area contributed by atoms with Crippen LogP contribution in [0.1, 0.15) is 80.8 Å². The largest absolute Gasteiger partial charge is 0.359 e. The highest BCUT2D eigenvalue weighted by molar-refractivity contribution is 6.03. The molecule has 29 heavy (non-hydrogen) atoms. The fourth-order valence-corrected chi connectivity index (χ4v) is 4.41. The van der Waals surface area contributed by atoms with Crippen LogP contribution < -0.4 is 5.32 Å². The maximum Gasteiger partial charge on any atom is 0.297 e. The first kappa shape index (κ1) is 21.7. The van der Waals surface area contributed by atoms with Gasteiger partial charge in [0.2, 0.25) is 5.91 Å². The third kappa shape index (κ3) is 4.77. The molecular formula is C22H35N5O2. The topological polar surface area (TPSA) is 79.6 Å². The van der Waals surface area contributed by atoms with Gasteiger partial charge in [-0.15, -0.1) is 0 Å². The number of hydrogen-bond donors (Lipinski definition) is 1. The number of imidazole rings is 1. The van der Waals surface area contributed by atoms with E-state index < -0.39 is 5.92 Å².